The lowest BCUT2D eigenvalue weighted by molar-refractivity contribution is 0.289. The minimum absolute atomic E-state index is 0.696. The molecular formula is C34H48O3. The highest BCUT2D eigenvalue weighted by molar-refractivity contribution is 5.95. The molecule has 0 spiro atoms. The molecule has 0 unspecified atom stereocenters. The Hall–Kier alpha value is -2.68. The number of benzene rings is 3. The third-order valence-corrected chi connectivity index (χ3v) is 6.89. The van der Waals surface area contributed by atoms with E-state index >= 15 is 0 Å². The van der Waals surface area contributed by atoms with Crippen molar-refractivity contribution in [3.63, 3.8) is 0 Å². The Labute approximate surface area is 225 Å². The Balaban J connectivity index is 1.68. The lowest BCUT2D eigenvalue weighted by atomic mass is 10.1. The highest BCUT2D eigenvalue weighted by atomic mass is 16.5. The Bertz CT molecular complexity index is 999. The summed E-state index contributed by atoms with van der Waals surface area (Å²) < 4.78 is 19.1. The number of para-hydroxylation sites is 1. The molecule has 0 aliphatic heterocycles. The minimum Gasteiger partial charge on any atom is -0.493 e. The molecule has 0 heterocycles. The van der Waals surface area contributed by atoms with Gasteiger partial charge >= 0.3 is 0 Å². The summed E-state index contributed by atoms with van der Waals surface area (Å²) >= 11 is 0. The van der Waals surface area contributed by atoms with Gasteiger partial charge in [-0.25, -0.2) is 0 Å². The molecule has 0 aliphatic rings. The Morgan fingerprint density at radius 3 is 1.62 bits per heavy atom. The summed E-state index contributed by atoms with van der Waals surface area (Å²) in [5.41, 5.74) is 0. The van der Waals surface area contributed by atoms with E-state index in [1.54, 1.807) is 0 Å². The molecule has 37 heavy (non-hydrogen) atoms. The molecule has 3 aromatic carbocycles. The van der Waals surface area contributed by atoms with Gasteiger partial charge in [0.05, 0.1) is 13.2 Å². The first-order valence-corrected chi connectivity index (χ1v) is 14.9. The van der Waals surface area contributed by atoms with Crippen LogP contribution >= 0.6 is 0 Å². The third-order valence-electron chi connectivity index (χ3n) is 6.89. The molecule has 3 rings (SSSR count). The van der Waals surface area contributed by atoms with Gasteiger partial charge in [0.15, 0.2) is 11.5 Å². The van der Waals surface area contributed by atoms with Crippen molar-refractivity contribution in [2.24, 2.45) is 0 Å². The van der Waals surface area contributed by atoms with E-state index in [0.717, 1.165) is 53.2 Å². The molecule has 3 aromatic rings. The Morgan fingerprint density at radius 1 is 0.486 bits per heavy atom. The van der Waals surface area contributed by atoms with E-state index in [-0.39, 0.29) is 0 Å². The molecule has 0 N–H and O–H groups in total. The van der Waals surface area contributed by atoms with Crippen LogP contribution < -0.4 is 14.2 Å². The van der Waals surface area contributed by atoms with Crippen molar-refractivity contribution in [2.75, 3.05) is 13.2 Å². The topological polar surface area (TPSA) is 27.7 Å². The van der Waals surface area contributed by atoms with Crippen LogP contribution in [0.15, 0.2) is 60.7 Å². The standard InChI is InChI=1S/C34H48O3/c1-3-5-7-9-11-13-20-26-35-32-28-33(37-29-22-16-15-17-23-29)34(31-25-19-18-24-30(31)32)36-27-21-14-12-10-8-6-4-2/h15-19,22-25,28H,3-14,20-21,26-27H2,1-2H3. The van der Waals surface area contributed by atoms with Crippen molar-refractivity contribution >= 4 is 10.8 Å². The monoisotopic (exact) mass is 504 g/mol. The number of hydrogen-bond donors (Lipinski definition) is 0. The molecule has 0 amide bonds. The van der Waals surface area contributed by atoms with E-state index in [1.165, 1.54) is 77.0 Å². The largest absolute Gasteiger partial charge is 0.493 e. The van der Waals surface area contributed by atoms with Crippen molar-refractivity contribution in [3.8, 4) is 23.0 Å². The molecule has 0 fully saturated rings. The minimum atomic E-state index is 0.696. The van der Waals surface area contributed by atoms with Gasteiger partial charge in [0, 0.05) is 16.8 Å². The number of ether oxygens (including phenoxy) is 3. The van der Waals surface area contributed by atoms with Crippen molar-refractivity contribution in [2.45, 2.75) is 104 Å². The zero-order valence-corrected chi connectivity index (χ0v) is 23.3. The van der Waals surface area contributed by atoms with E-state index in [1.807, 2.05) is 36.4 Å². The van der Waals surface area contributed by atoms with E-state index in [2.05, 4.69) is 38.1 Å². The summed E-state index contributed by atoms with van der Waals surface area (Å²) in [5, 5.41) is 2.13. The van der Waals surface area contributed by atoms with Gasteiger partial charge in [-0.15, -0.1) is 0 Å². The van der Waals surface area contributed by atoms with Crippen molar-refractivity contribution < 1.29 is 14.2 Å². The maximum Gasteiger partial charge on any atom is 0.173 e. The predicted octanol–water partition coefficient (Wildman–Crippen LogP) is 10.9. The normalized spacial score (nSPS) is 11.1. The number of rotatable bonds is 20. The fourth-order valence-corrected chi connectivity index (χ4v) is 4.73. The molecule has 0 radical (unpaired) electrons. The maximum atomic E-state index is 6.41. The van der Waals surface area contributed by atoms with Crippen LogP contribution in [0.1, 0.15) is 104 Å². The fourth-order valence-electron chi connectivity index (χ4n) is 4.73. The molecule has 202 valence electrons. The summed E-state index contributed by atoms with van der Waals surface area (Å²) in [7, 11) is 0. The van der Waals surface area contributed by atoms with Gasteiger partial charge in [0.2, 0.25) is 0 Å². The second kappa shape index (κ2) is 17.7. The highest BCUT2D eigenvalue weighted by Gasteiger charge is 2.16. The first-order chi connectivity index (χ1) is 18.3. The molecule has 0 aromatic heterocycles. The SMILES string of the molecule is CCCCCCCCCOc1cc(Oc2ccccc2)c(OCCCCCCCCC)c2ccccc12. The lowest BCUT2D eigenvalue weighted by Gasteiger charge is -2.18. The Kier molecular flexibility index (Phi) is 13.8. The summed E-state index contributed by atoms with van der Waals surface area (Å²) in [6.07, 6.45) is 17.7. The average Bonchev–Trinajstić information content (AvgIpc) is 2.93. The van der Waals surface area contributed by atoms with Gasteiger partial charge in [0.25, 0.3) is 0 Å². The summed E-state index contributed by atoms with van der Waals surface area (Å²) in [6, 6.07) is 20.4. The van der Waals surface area contributed by atoms with Crippen LogP contribution in [0.2, 0.25) is 0 Å². The van der Waals surface area contributed by atoms with E-state index in [0.29, 0.717) is 6.61 Å². The van der Waals surface area contributed by atoms with Crippen LogP contribution in [0.25, 0.3) is 10.8 Å². The van der Waals surface area contributed by atoms with E-state index in [9.17, 15) is 0 Å². The zero-order valence-electron chi connectivity index (χ0n) is 23.3. The van der Waals surface area contributed by atoms with Gasteiger partial charge in [0.1, 0.15) is 11.5 Å². The smallest absolute Gasteiger partial charge is 0.173 e. The first-order valence-electron chi connectivity index (χ1n) is 14.9. The van der Waals surface area contributed by atoms with Gasteiger partial charge < -0.3 is 14.2 Å². The molecule has 0 bridgehead atoms. The van der Waals surface area contributed by atoms with Gasteiger partial charge in [-0.1, -0.05) is 133 Å². The third kappa shape index (κ3) is 10.3. The quantitative estimate of drug-likeness (QED) is 0.143. The molecule has 0 saturated carbocycles. The molecular weight excluding hydrogens is 456 g/mol. The molecule has 0 saturated heterocycles. The van der Waals surface area contributed by atoms with Crippen LogP contribution in [-0.2, 0) is 0 Å². The summed E-state index contributed by atoms with van der Waals surface area (Å²) in [5.74, 6) is 3.21. The van der Waals surface area contributed by atoms with Crippen molar-refractivity contribution in [1.82, 2.24) is 0 Å². The second-order valence-electron chi connectivity index (χ2n) is 10.1. The number of hydrogen-bond acceptors (Lipinski definition) is 3. The molecule has 0 atom stereocenters. The molecule has 3 nitrogen and oxygen atoms in total. The maximum absolute atomic E-state index is 6.41. The van der Waals surface area contributed by atoms with Gasteiger partial charge in [-0.3, -0.25) is 0 Å². The fraction of sp³-hybridized carbons (Fsp3) is 0.529. The van der Waals surface area contributed by atoms with Crippen LogP contribution in [-0.4, -0.2) is 13.2 Å². The van der Waals surface area contributed by atoms with E-state index < -0.39 is 0 Å². The average molecular weight is 505 g/mol. The predicted molar refractivity (Wildman–Crippen MR) is 157 cm³/mol. The highest BCUT2D eigenvalue weighted by Crippen LogP contribution is 2.43. The number of fused-ring (bicyclic) bond motifs is 1. The van der Waals surface area contributed by atoms with Gasteiger partial charge in [-0.2, -0.15) is 0 Å². The van der Waals surface area contributed by atoms with Crippen LogP contribution in [0.5, 0.6) is 23.0 Å². The number of unbranched alkanes of at least 4 members (excludes halogenated alkanes) is 12. The molecule has 3 heteroatoms. The van der Waals surface area contributed by atoms with Crippen LogP contribution in [0.4, 0.5) is 0 Å². The van der Waals surface area contributed by atoms with E-state index in [4.69, 9.17) is 14.2 Å². The summed E-state index contributed by atoms with van der Waals surface area (Å²) in [4.78, 5) is 0. The Morgan fingerprint density at radius 2 is 1.00 bits per heavy atom. The van der Waals surface area contributed by atoms with Gasteiger partial charge in [-0.05, 0) is 25.0 Å². The van der Waals surface area contributed by atoms with Crippen molar-refractivity contribution in [3.05, 3.63) is 60.7 Å². The second-order valence-corrected chi connectivity index (χ2v) is 10.1. The summed E-state index contributed by atoms with van der Waals surface area (Å²) in [6.45, 7) is 5.95. The zero-order chi connectivity index (χ0) is 26.0. The first kappa shape index (κ1) is 28.9. The van der Waals surface area contributed by atoms with Crippen LogP contribution in [0, 0.1) is 0 Å². The lowest BCUT2D eigenvalue weighted by Crippen LogP contribution is -2.03. The molecule has 0 aliphatic carbocycles. The van der Waals surface area contributed by atoms with Crippen molar-refractivity contribution in [1.29, 1.82) is 0 Å². The van der Waals surface area contributed by atoms with Crippen LogP contribution in [0.3, 0.4) is 0 Å².